The third-order valence-electron chi connectivity index (χ3n) is 4.26. The van der Waals surface area contributed by atoms with Gasteiger partial charge in [0.2, 0.25) is 0 Å². The van der Waals surface area contributed by atoms with Gasteiger partial charge >= 0.3 is 6.03 Å². The first-order chi connectivity index (χ1) is 9.63. The van der Waals surface area contributed by atoms with Crippen LogP contribution in [0.4, 0.5) is 4.79 Å². The lowest BCUT2D eigenvalue weighted by Gasteiger charge is -2.32. The third kappa shape index (κ3) is 5.00. The summed E-state index contributed by atoms with van der Waals surface area (Å²) in [6.07, 6.45) is 7.86. The van der Waals surface area contributed by atoms with Crippen molar-refractivity contribution in [2.24, 2.45) is 5.73 Å². The van der Waals surface area contributed by atoms with Crippen LogP contribution in [0.25, 0.3) is 0 Å². The zero-order chi connectivity index (χ0) is 14.4. The van der Waals surface area contributed by atoms with Crippen molar-refractivity contribution in [3.63, 3.8) is 0 Å². The van der Waals surface area contributed by atoms with Gasteiger partial charge in [-0.2, -0.15) is 0 Å². The van der Waals surface area contributed by atoms with Crippen molar-refractivity contribution in [1.82, 2.24) is 15.5 Å². The van der Waals surface area contributed by atoms with E-state index >= 15 is 0 Å². The van der Waals surface area contributed by atoms with E-state index in [2.05, 4.69) is 15.5 Å². The van der Waals surface area contributed by atoms with Crippen molar-refractivity contribution in [2.45, 2.75) is 57.0 Å². The zero-order valence-corrected chi connectivity index (χ0v) is 12.2. The Morgan fingerprint density at radius 3 is 2.15 bits per heavy atom. The molecule has 0 bridgehead atoms. The molecule has 1 aliphatic heterocycles. The highest BCUT2D eigenvalue weighted by molar-refractivity contribution is 5.79. The summed E-state index contributed by atoms with van der Waals surface area (Å²) in [6, 6.07) is 0.602. The molecule has 20 heavy (non-hydrogen) atoms. The number of hydrogen-bond acceptors (Lipinski definition) is 3. The maximum absolute atomic E-state index is 11.9. The number of nitrogens with zero attached hydrogens (tertiary/aromatic N) is 1. The Hall–Kier alpha value is -1.30. The van der Waals surface area contributed by atoms with Crippen molar-refractivity contribution in [3.05, 3.63) is 0 Å². The molecule has 6 nitrogen and oxygen atoms in total. The van der Waals surface area contributed by atoms with Gasteiger partial charge in [0, 0.05) is 25.2 Å². The van der Waals surface area contributed by atoms with Crippen molar-refractivity contribution in [3.8, 4) is 0 Å². The summed E-state index contributed by atoms with van der Waals surface area (Å²) in [6.45, 7) is 2.34. The molecular weight excluding hydrogens is 254 g/mol. The number of likely N-dealkylation sites (tertiary alicyclic amines) is 1. The summed E-state index contributed by atoms with van der Waals surface area (Å²) in [5, 5.41) is 13.5. The van der Waals surface area contributed by atoms with Crippen LogP contribution in [0.1, 0.15) is 44.9 Å². The maximum atomic E-state index is 11.9. The molecule has 1 saturated heterocycles. The lowest BCUT2D eigenvalue weighted by Crippen LogP contribution is -2.51. The molecule has 6 heteroatoms. The molecule has 0 aromatic rings. The van der Waals surface area contributed by atoms with E-state index in [4.69, 9.17) is 11.1 Å². The largest absolute Gasteiger partial charge is 0.387 e. The third-order valence-corrected chi connectivity index (χ3v) is 4.26. The number of amides is 2. The monoisotopic (exact) mass is 281 g/mol. The van der Waals surface area contributed by atoms with Gasteiger partial charge in [-0.1, -0.05) is 19.3 Å². The summed E-state index contributed by atoms with van der Waals surface area (Å²) in [7, 11) is 0. The van der Waals surface area contributed by atoms with Crippen LogP contribution in [0.5, 0.6) is 0 Å². The predicted molar refractivity (Wildman–Crippen MR) is 79.9 cm³/mol. The number of rotatable bonds is 4. The molecule has 2 aliphatic rings. The zero-order valence-electron chi connectivity index (χ0n) is 12.2. The lowest BCUT2D eigenvalue weighted by molar-refractivity contribution is 0.202. The summed E-state index contributed by atoms with van der Waals surface area (Å²) in [5.74, 6) is 0.214. The first kappa shape index (κ1) is 15.1. The average Bonchev–Trinajstić information content (AvgIpc) is 2.41. The van der Waals surface area contributed by atoms with Gasteiger partial charge < -0.3 is 16.4 Å². The fraction of sp³-hybridized carbons (Fsp3) is 0.857. The van der Waals surface area contributed by atoms with E-state index in [0.717, 1.165) is 38.8 Å². The summed E-state index contributed by atoms with van der Waals surface area (Å²) in [4.78, 5) is 14.1. The molecule has 0 aromatic heterocycles. The molecule has 2 amide bonds. The second-order valence-corrected chi connectivity index (χ2v) is 6.03. The second-order valence-electron chi connectivity index (χ2n) is 6.03. The van der Waals surface area contributed by atoms with Gasteiger partial charge in [0.25, 0.3) is 0 Å². The van der Waals surface area contributed by atoms with Crippen LogP contribution < -0.4 is 16.4 Å². The number of carbonyl (C=O) groups excluding carboxylic acids is 1. The van der Waals surface area contributed by atoms with Crippen molar-refractivity contribution < 1.29 is 4.79 Å². The lowest BCUT2D eigenvalue weighted by atomic mass is 9.96. The first-order valence-corrected chi connectivity index (χ1v) is 7.76. The SMILES string of the molecule is N=C(N)CN1CCC(NC(=O)NC2CCCCC2)CC1. The van der Waals surface area contributed by atoms with Gasteiger partial charge in [-0.25, -0.2) is 4.79 Å². The van der Waals surface area contributed by atoms with E-state index in [1.54, 1.807) is 0 Å². The minimum Gasteiger partial charge on any atom is -0.387 e. The molecule has 114 valence electrons. The van der Waals surface area contributed by atoms with Crippen LogP contribution in [0, 0.1) is 5.41 Å². The van der Waals surface area contributed by atoms with Gasteiger partial charge in [-0.05, 0) is 25.7 Å². The molecule has 0 unspecified atom stereocenters. The minimum absolute atomic E-state index is 0.0121. The Morgan fingerprint density at radius 2 is 1.60 bits per heavy atom. The second kappa shape index (κ2) is 7.47. The van der Waals surface area contributed by atoms with Crippen LogP contribution in [-0.2, 0) is 0 Å². The quantitative estimate of drug-likeness (QED) is 0.458. The molecular formula is C14H27N5O. The Kier molecular flexibility index (Phi) is 5.64. The number of piperidine rings is 1. The number of urea groups is 1. The van der Waals surface area contributed by atoms with Crippen molar-refractivity contribution >= 4 is 11.9 Å². The maximum Gasteiger partial charge on any atom is 0.315 e. The molecule has 5 N–H and O–H groups in total. The molecule has 0 radical (unpaired) electrons. The van der Waals surface area contributed by atoms with Crippen molar-refractivity contribution in [2.75, 3.05) is 19.6 Å². The van der Waals surface area contributed by atoms with E-state index in [1.807, 2.05) is 0 Å². The van der Waals surface area contributed by atoms with E-state index < -0.39 is 0 Å². The van der Waals surface area contributed by atoms with Crippen LogP contribution >= 0.6 is 0 Å². The van der Waals surface area contributed by atoms with E-state index in [9.17, 15) is 4.79 Å². The highest BCUT2D eigenvalue weighted by Gasteiger charge is 2.22. The molecule has 2 rings (SSSR count). The summed E-state index contributed by atoms with van der Waals surface area (Å²) in [5.41, 5.74) is 5.40. The Morgan fingerprint density at radius 1 is 1.05 bits per heavy atom. The van der Waals surface area contributed by atoms with Crippen LogP contribution in [0.2, 0.25) is 0 Å². The van der Waals surface area contributed by atoms with Gasteiger partial charge in [0.05, 0.1) is 6.54 Å². The normalized spacial score (nSPS) is 22.4. The van der Waals surface area contributed by atoms with Gasteiger partial charge in [-0.15, -0.1) is 0 Å². The molecule has 1 heterocycles. The molecule has 2 fully saturated rings. The first-order valence-electron chi connectivity index (χ1n) is 7.76. The minimum atomic E-state index is -0.0121. The van der Waals surface area contributed by atoms with E-state index in [0.29, 0.717) is 12.6 Å². The summed E-state index contributed by atoms with van der Waals surface area (Å²) >= 11 is 0. The van der Waals surface area contributed by atoms with E-state index in [1.165, 1.54) is 19.3 Å². The molecule has 1 saturated carbocycles. The summed E-state index contributed by atoms with van der Waals surface area (Å²) < 4.78 is 0. The Labute approximate surface area is 121 Å². The molecule has 1 aliphatic carbocycles. The molecule has 0 spiro atoms. The molecule has 0 aromatic carbocycles. The van der Waals surface area contributed by atoms with E-state index in [-0.39, 0.29) is 17.9 Å². The fourth-order valence-corrected chi connectivity index (χ4v) is 3.14. The Bertz CT molecular complexity index is 332. The predicted octanol–water partition coefficient (Wildman–Crippen LogP) is 1.02. The van der Waals surface area contributed by atoms with Gasteiger partial charge in [-0.3, -0.25) is 10.3 Å². The standard InChI is InChI=1S/C14H27N5O/c15-13(16)10-19-8-6-12(7-9-19)18-14(20)17-11-4-2-1-3-5-11/h11-12H,1-10H2,(H3,15,16)(H2,17,18,20). The highest BCUT2D eigenvalue weighted by Crippen LogP contribution is 2.17. The fourth-order valence-electron chi connectivity index (χ4n) is 3.14. The number of amidine groups is 1. The van der Waals surface area contributed by atoms with Gasteiger partial charge in [0.15, 0.2) is 0 Å². The molecule has 0 atom stereocenters. The Balaban J connectivity index is 1.64. The topological polar surface area (TPSA) is 94.2 Å². The van der Waals surface area contributed by atoms with Crippen LogP contribution in [0.3, 0.4) is 0 Å². The van der Waals surface area contributed by atoms with Crippen LogP contribution in [0.15, 0.2) is 0 Å². The number of nitrogens with one attached hydrogen (secondary N) is 3. The number of nitrogens with two attached hydrogens (primary N) is 1. The van der Waals surface area contributed by atoms with Crippen molar-refractivity contribution in [1.29, 1.82) is 5.41 Å². The average molecular weight is 281 g/mol. The smallest absolute Gasteiger partial charge is 0.315 e. The number of carbonyl (C=O) groups is 1. The van der Waals surface area contributed by atoms with Gasteiger partial charge in [0.1, 0.15) is 5.84 Å². The number of hydrogen-bond donors (Lipinski definition) is 4. The highest BCUT2D eigenvalue weighted by atomic mass is 16.2. The van der Waals surface area contributed by atoms with Crippen LogP contribution in [-0.4, -0.2) is 48.5 Å².